The van der Waals surface area contributed by atoms with Crippen molar-refractivity contribution in [3.05, 3.63) is 34.4 Å². The summed E-state index contributed by atoms with van der Waals surface area (Å²) >= 11 is 0. The smallest absolute Gasteiger partial charge is 0.274 e. The molecule has 0 bridgehead atoms. The fraction of sp³-hybridized carbons (Fsp3) is 0.588. The van der Waals surface area contributed by atoms with Gasteiger partial charge in [0.2, 0.25) is 0 Å². The van der Waals surface area contributed by atoms with Crippen LogP contribution < -0.4 is 0 Å². The minimum absolute atomic E-state index is 0.0611. The number of nitrogens with zero attached hydrogens (tertiary/aromatic N) is 3. The number of aromatic amines is 2. The lowest BCUT2D eigenvalue weighted by atomic mass is 10.1. The van der Waals surface area contributed by atoms with E-state index >= 15 is 0 Å². The maximum absolute atomic E-state index is 12.5. The number of aryl methyl sites for hydroxylation is 2. The number of fused-ring (bicyclic) bond motifs is 1. The van der Waals surface area contributed by atoms with E-state index in [4.69, 9.17) is 0 Å². The zero-order valence-electron chi connectivity index (χ0n) is 14.0. The molecule has 0 saturated carbocycles. The van der Waals surface area contributed by atoms with Crippen molar-refractivity contribution in [1.82, 2.24) is 25.3 Å². The second-order valence-corrected chi connectivity index (χ2v) is 6.38. The molecule has 124 valence electrons. The summed E-state index contributed by atoms with van der Waals surface area (Å²) in [4.78, 5) is 14.2. The minimum atomic E-state index is -0.0611. The van der Waals surface area contributed by atoms with Gasteiger partial charge in [0.05, 0.1) is 12.2 Å². The van der Waals surface area contributed by atoms with E-state index in [1.54, 1.807) is 4.90 Å². The lowest BCUT2D eigenvalue weighted by molar-refractivity contribution is 0.0777. The Morgan fingerprint density at radius 3 is 2.87 bits per heavy atom. The van der Waals surface area contributed by atoms with E-state index in [9.17, 15) is 4.79 Å². The number of hydrogen-bond donors (Lipinski definition) is 2. The van der Waals surface area contributed by atoms with Crippen molar-refractivity contribution < 1.29 is 4.79 Å². The highest BCUT2D eigenvalue weighted by Crippen LogP contribution is 2.22. The van der Waals surface area contributed by atoms with Gasteiger partial charge in [-0.2, -0.15) is 10.2 Å². The third-order valence-corrected chi connectivity index (χ3v) is 4.49. The third-order valence-electron chi connectivity index (χ3n) is 4.49. The molecular formula is C17H25N5O. The number of hydrogen-bond acceptors (Lipinski definition) is 3. The van der Waals surface area contributed by atoms with Gasteiger partial charge in [-0.3, -0.25) is 15.0 Å². The van der Waals surface area contributed by atoms with Crippen molar-refractivity contribution in [3.63, 3.8) is 0 Å². The second kappa shape index (κ2) is 6.98. The number of amides is 1. The van der Waals surface area contributed by atoms with Crippen molar-refractivity contribution in [2.75, 3.05) is 7.05 Å². The van der Waals surface area contributed by atoms with Crippen LogP contribution in [0.2, 0.25) is 0 Å². The first kappa shape index (κ1) is 15.8. The van der Waals surface area contributed by atoms with Crippen molar-refractivity contribution in [3.8, 4) is 0 Å². The van der Waals surface area contributed by atoms with E-state index in [1.165, 1.54) is 30.5 Å². The van der Waals surface area contributed by atoms with Gasteiger partial charge in [-0.1, -0.05) is 19.8 Å². The first-order valence-electron chi connectivity index (χ1n) is 8.53. The molecule has 0 unspecified atom stereocenters. The summed E-state index contributed by atoms with van der Waals surface area (Å²) in [6.07, 6.45) is 7.77. The summed E-state index contributed by atoms with van der Waals surface area (Å²) < 4.78 is 0. The number of H-pyrrole nitrogens is 2. The molecule has 2 heterocycles. The summed E-state index contributed by atoms with van der Waals surface area (Å²) in [6, 6.07) is 1.85. The highest BCUT2D eigenvalue weighted by Gasteiger charge is 2.20. The van der Waals surface area contributed by atoms with Gasteiger partial charge >= 0.3 is 0 Å². The van der Waals surface area contributed by atoms with Crippen LogP contribution in [0.25, 0.3) is 0 Å². The molecule has 23 heavy (non-hydrogen) atoms. The lowest BCUT2D eigenvalue weighted by Crippen LogP contribution is -2.27. The molecule has 0 aliphatic heterocycles. The molecule has 1 aliphatic rings. The molecule has 0 fully saturated rings. The topological polar surface area (TPSA) is 77.7 Å². The van der Waals surface area contributed by atoms with E-state index in [0.29, 0.717) is 12.2 Å². The van der Waals surface area contributed by atoms with Gasteiger partial charge in [-0.25, -0.2) is 0 Å². The van der Waals surface area contributed by atoms with Crippen LogP contribution in [0.3, 0.4) is 0 Å². The zero-order valence-corrected chi connectivity index (χ0v) is 14.0. The Hall–Kier alpha value is -2.11. The maximum atomic E-state index is 12.5. The van der Waals surface area contributed by atoms with Crippen LogP contribution in [0.4, 0.5) is 0 Å². The van der Waals surface area contributed by atoms with Gasteiger partial charge in [-0.05, 0) is 43.7 Å². The molecule has 6 heteroatoms. The quantitative estimate of drug-likeness (QED) is 0.833. The Balaban J connectivity index is 1.69. The maximum Gasteiger partial charge on any atom is 0.274 e. The molecule has 0 radical (unpaired) electrons. The molecule has 3 rings (SSSR count). The number of carbonyl (C=O) groups excluding carboxylic acids is 1. The molecule has 1 aliphatic carbocycles. The van der Waals surface area contributed by atoms with Crippen molar-refractivity contribution in [2.45, 2.75) is 58.4 Å². The normalized spacial score (nSPS) is 14.3. The predicted octanol–water partition coefficient (Wildman–Crippen LogP) is 2.63. The summed E-state index contributed by atoms with van der Waals surface area (Å²) in [5, 5.41) is 14.7. The van der Waals surface area contributed by atoms with Gasteiger partial charge < -0.3 is 4.90 Å². The Morgan fingerprint density at radius 1 is 1.22 bits per heavy atom. The van der Waals surface area contributed by atoms with Crippen molar-refractivity contribution >= 4 is 5.91 Å². The molecule has 6 nitrogen and oxygen atoms in total. The van der Waals surface area contributed by atoms with E-state index < -0.39 is 0 Å². The highest BCUT2D eigenvalue weighted by molar-refractivity contribution is 5.92. The van der Waals surface area contributed by atoms with Crippen LogP contribution in [0, 0.1) is 0 Å². The third kappa shape index (κ3) is 3.46. The molecule has 2 N–H and O–H groups in total. The Kier molecular flexibility index (Phi) is 4.79. The van der Waals surface area contributed by atoms with Gasteiger partial charge in [0.15, 0.2) is 0 Å². The predicted molar refractivity (Wildman–Crippen MR) is 88.2 cm³/mol. The standard InChI is InChI=1S/C17H25N5O/c1-3-7-12-10-15(20-18-12)17(23)22(2)11-16-13-8-5-4-6-9-14(13)19-21-16/h10H,3-9,11H2,1-2H3,(H,18,20)(H,19,21). The first-order valence-corrected chi connectivity index (χ1v) is 8.53. The summed E-state index contributed by atoms with van der Waals surface area (Å²) in [7, 11) is 1.81. The zero-order chi connectivity index (χ0) is 16.2. The number of aromatic nitrogens is 4. The minimum Gasteiger partial charge on any atom is -0.334 e. The number of rotatable bonds is 5. The Labute approximate surface area is 136 Å². The van der Waals surface area contributed by atoms with Crippen LogP contribution in [0.5, 0.6) is 0 Å². The van der Waals surface area contributed by atoms with Crippen LogP contribution in [0.15, 0.2) is 6.07 Å². The number of carbonyl (C=O) groups is 1. The van der Waals surface area contributed by atoms with E-state index in [-0.39, 0.29) is 5.91 Å². The monoisotopic (exact) mass is 315 g/mol. The molecule has 0 spiro atoms. The van der Waals surface area contributed by atoms with E-state index in [0.717, 1.165) is 37.1 Å². The van der Waals surface area contributed by atoms with Gasteiger partial charge in [0.25, 0.3) is 5.91 Å². The summed E-state index contributed by atoms with van der Waals surface area (Å²) in [5.41, 5.74) is 5.07. The van der Waals surface area contributed by atoms with Gasteiger partial charge in [-0.15, -0.1) is 0 Å². The molecular weight excluding hydrogens is 290 g/mol. The second-order valence-electron chi connectivity index (χ2n) is 6.38. The van der Waals surface area contributed by atoms with E-state index in [1.807, 2.05) is 13.1 Å². The van der Waals surface area contributed by atoms with Crippen LogP contribution in [0.1, 0.15) is 65.7 Å². The Morgan fingerprint density at radius 2 is 2.04 bits per heavy atom. The summed E-state index contributed by atoms with van der Waals surface area (Å²) in [6.45, 7) is 2.64. The van der Waals surface area contributed by atoms with Crippen molar-refractivity contribution in [2.24, 2.45) is 0 Å². The molecule has 0 atom stereocenters. The van der Waals surface area contributed by atoms with Crippen LogP contribution in [-0.4, -0.2) is 38.2 Å². The van der Waals surface area contributed by atoms with Gasteiger partial charge in [0.1, 0.15) is 5.69 Å². The lowest BCUT2D eigenvalue weighted by Gasteiger charge is -2.15. The molecule has 2 aromatic rings. The van der Waals surface area contributed by atoms with Crippen LogP contribution in [-0.2, 0) is 25.8 Å². The average molecular weight is 315 g/mol. The fourth-order valence-corrected chi connectivity index (χ4v) is 3.22. The Bertz CT molecular complexity index is 672. The average Bonchev–Trinajstić information content (AvgIpc) is 3.08. The highest BCUT2D eigenvalue weighted by atomic mass is 16.2. The SMILES string of the molecule is CCCc1cc(C(=O)N(C)Cc2n[nH]c3c2CCCCC3)n[nH]1. The molecule has 0 saturated heterocycles. The largest absolute Gasteiger partial charge is 0.334 e. The first-order chi connectivity index (χ1) is 11.2. The summed E-state index contributed by atoms with van der Waals surface area (Å²) in [5.74, 6) is -0.0611. The van der Waals surface area contributed by atoms with Crippen LogP contribution >= 0.6 is 0 Å². The van der Waals surface area contributed by atoms with Crippen molar-refractivity contribution in [1.29, 1.82) is 0 Å². The molecule has 0 aromatic carbocycles. The number of nitrogens with one attached hydrogen (secondary N) is 2. The van der Waals surface area contributed by atoms with Gasteiger partial charge in [0, 0.05) is 18.4 Å². The molecule has 1 amide bonds. The fourth-order valence-electron chi connectivity index (χ4n) is 3.22. The van der Waals surface area contributed by atoms with E-state index in [2.05, 4.69) is 27.3 Å². The molecule has 2 aromatic heterocycles.